The zero-order valence-electron chi connectivity index (χ0n) is 10.8. The molecule has 7 heteroatoms. The molecule has 0 spiro atoms. The second-order valence-electron chi connectivity index (χ2n) is 4.88. The van der Waals surface area contributed by atoms with Crippen molar-refractivity contribution in [3.05, 3.63) is 28.2 Å². The van der Waals surface area contributed by atoms with Crippen molar-refractivity contribution in [1.82, 2.24) is 4.90 Å². The van der Waals surface area contributed by atoms with E-state index in [0.717, 1.165) is 0 Å². The van der Waals surface area contributed by atoms with E-state index in [1.165, 1.54) is 11.0 Å². The minimum Gasteiger partial charge on any atom is -0.481 e. The maximum atomic E-state index is 12.1. The van der Waals surface area contributed by atoms with Gasteiger partial charge in [0, 0.05) is 18.1 Å². The van der Waals surface area contributed by atoms with Crippen molar-refractivity contribution in [2.45, 2.75) is 6.92 Å². The lowest BCUT2D eigenvalue weighted by atomic mass is 9.99. The first-order chi connectivity index (χ1) is 9.38. The average molecular weight is 317 g/mol. The van der Waals surface area contributed by atoms with Gasteiger partial charge in [-0.05, 0) is 24.1 Å². The average Bonchev–Trinajstić information content (AvgIpc) is 2.75. The van der Waals surface area contributed by atoms with E-state index in [1.54, 1.807) is 12.1 Å². The standard InChI is InChI=1S/C13H14Cl2N2O3/c1-7-5-17(6-9(7)12(18)19)13(20)16-11-3-2-8(14)4-10(11)15/h2-4,7,9H,5-6H2,1H3,(H,16,20)(H,18,19)/t7-,9-/m1/s1. The van der Waals surface area contributed by atoms with Gasteiger partial charge in [-0.1, -0.05) is 30.1 Å². The molecule has 2 rings (SSSR count). The topological polar surface area (TPSA) is 69.6 Å². The summed E-state index contributed by atoms with van der Waals surface area (Å²) in [5.41, 5.74) is 0.451. The van der Waals surface area contributed by atoms with Crippen LogP contribution in [-0.4, -0.2) is 35.1 Å². The van der Waals surface area contributed by atoms with Gasteiger partial charge in [-0.25, -0.2) is 4.79 Å². The molecule has 2 N–H and O–H groups in total. The van der Waals surface area contributed by atoms with Crippen LogP contribution >= 0.6 is 23.2 Å². The highest BCUT2D eigenvalue weighted by atomic mass is 35.5. The number of likely N-dealkylation sites (tertiary alicyclic amines) is 1. The number of halogens is 2. The molecule has 1 aromatic carbocycles. The molecule has 1 heterocycles. The van der Waals surface area contributed by atoms with Crippen molar-refractivity contribution in [3.8, 4) is 0 Å². The van der Waals surface area contributed by atoms with E-state index in [0.29, 0.717) is 22.3 Å². The predicted molar refractivity (Wildman–Crippen MR) is 77.3 cm³/mol. The number of amides is 2. The number of benzene rings is 1. The predicted octanol–water partition coefficient (Wildman–Crippen LogP) is 3.18. The van der Waals surface area contributed by atoms with Crippen molar-refractivity contribution < 1.29 is 14.7 Å². The van der Waals surface area contributed by atoms with E-state index >= 15 is 0 Å². The highest BCUT2D eigenvalue weighted by Crippen LogP contribution is 2.27. The number of anilines is 1. The van der Waals surface area contributed by atoms with Crippen LogP contribution in [0, 0.1) is 11.8 Å². The van der Waals surface area contributed by atoms with E-state index < -0.39 is 11.9 Å². The molecule has 0 aliphatic carbocycles. The smallest absolute Gasteiger partial charge is 0.321 e. The summed E-state index contributed by atoms with van der Waals surface area (Å²) < 4.78 is 0. The maximum absolute atomic E-state index is 12.1. The van der Waals surface area contributed by atoms with Crippen molar-refractivity contribution in [2.24, 2.45) is 11.8 Å². The molecule has 0 bridgehead atoms. The van der Waals surface area contributed by atoms with Crippen molar-refractivity contribution in [1.29, 1.82) is 0 Å². The van der Waals surface area contributed by atoms with Gasteiger partial charge in [0.05, 0.1) is 16.6 Å². The van der Waals surface area contributed by atoms with E-state index in [2.05, 4.69) is 5.32 Å². The Balaban J connectivity index is 2.04. The quantitative estimate of drug-likeness (QED) is 0.880. The Hall–Kier alpha value is -1.46. The SMILES string of the molecule is C[C@@H]1CN(C(=O)Nc2ccc(Cl)cc2Cl)C[C@H]1C(=O)O. The van der Waals surface area contributed by atoms with Gasteiger partial charge in [0.25, 0.3) is 0 Å². The summed E-state index contributed by atoms with van der Waals surface area (Å²) in [5.74, 6) is -1.47. The van der Waals surface area contributed by atoms with Gasteiger partial charge < -0.3 is 15.3 Å². The highest BCUT2D eigenvalue weighted by molar-refractivity contribution is 6.36. The summed E-state index contributed by atoms with van der Waals surface area (Å²) in [6.45, 7) is 2.43. The minimum absolute atomic E-state index is 0.0704. The van der Waals surface area contributed by atoms with Crippen LogP contribution < -0.4 is 5.32 Å². The van der Waals surface area contributed by atoms with Gasteiger partial charge >= 0.3 is 12.0 Å². The van der Waals surface area contributed by atoms with Gasteiger partial charge in [0.15, 0.2) is 0 Å². The Morgan fingerprint density at radius 3 is 2.60 bits per heavy atom. The Morgan fingerprint density at radius 1 is 1.35 bits per heavy atom. The van der Waals surface area contributed by atoms with E-state index in [1.807, 2.05) is 6.92 Å². The van der Waals surface area contributed by atoms with E-state index in [9.17, 15) is 9.59 Å². The molecule has 0 radical (unpaired) electrons. The monoisotopic (exact) mass is 316 g/mol. The molecule has 1 aromatic rings. The van der Waals surface area contributed by atoms with Gasteiger partial charge in [-0.3, -0.25) is 4.79 Å². The van der Waals surface area contributed by atoms with Crippen LogP contribution in [0.3, 0.4) is 0 Å². The Kier molecular flexibility index (Phi) is 4.40. The molecule has 2 atom stereocenters. The maximum Gasteiger partial charge on any atom is 0.321 e. The van der Waals surface area contributed by atoms with E-state index in [-0.39, 0.29) is 18.5 Å². The molecule has 5 nitrogen and oxygen atoms in total. The molecule has 0 aromatic heterocycles. The lowest BCUT2D eigenvalue weighted by molar-refractivity contribution is -0.142. The molecule has 1 fully saturated rings. The molecule has 108 valence electrons. The lowest BCUT2D eigenvalue weighted by Crippen LogP contribution is -2.33. The van der Waals surface area contributed by atoms with Crippen molar-refractivity contribution in [2.75, 3.05) is 18.4 Å². The second-order valence-corrected chi connectivity index (χ2v) is 5.72. The van der Waals surface area contributed by atoms with Crippen LogP contribution in [-0.2, 0) is 4.79 Å². The Bertz CT molecular complexity index is 550. The zero-order chi connectivity index (χ0) is 14.9. The van der Waals surface area contributed by atoms with Gasteiger partial charge in [0.2, 0.25) is 0 Å². The number of carboxylic acids is 1. The normalized spacial score (nSPS) is 21.9. The van der Waals surface area contributed by atoms with Gasteiger partial charge in [0.1, 0.15) is 0 Å². The van der Waals surface area contributed by atoms with Gasteiger partial charge in [-0.2, -0.15) is 0 Å². The molecule has 1 aliphatic heterocycles. The molecule has 20 heavy (non-hydrogen) atoms. The largest absolute Gasteiger partial charge is 0.481 e. The summed E-state index contributed by atoms with van der Waals surface area (Å²) in [6, 6.07) is 4.41. The minimum atomic E-state index is -0.877. The fourth-order valence-electron chi connectivity index (χ4n) is 2.24. The Morgan fingerprint density at radius 2 is 2.05 bits per heavy atom. The molecule has 0 saturated carbocycles. The number of urea groups is 1. The third-order valence-corrected chi connectivity index (χ3v) is 3.94. The number of rotatable bonds is 2. The molecule has 2 amide bonds. The fraction of sp³-hybridized carbons (Fsp3) is 0.385. The number of nitrogens with one attached hydrogen (secondary N) is 1. The number of hydrogen-bond donors (Lipinski definition) is 2. The van der Waals surface area contributed by atoms with Crippen LogP contribution in [0.1, 0.15) is 6.92 Å². The number of hydrogen-bond acceptors (Lipinski definition) is 2. The van der Waals surface area contributed by atoms with Crippen LogP contribution in [0.25, 0.3) is 0 Å². The van der Waals surface area contributed by atoms with Gasteiger partial charge in [-0.15, -0.1) is 0 Å². The van der Waals surface area contributed by atoms with Crippen LogP contribution in [0.5, 0.6) is 0 Å². The second kappa shape index (κ2) is 5.89. The Labute approximate surface area is 126 Å². The molecule has 1 aliphatic rings. The summed E-state index contributed by atoms with van der Waals surface area (Å²) in [7, 11) is 0. The summed E-state index contributed by atoms with van der Waals surface area (Å²) in [5, 5.41) is 12.5. The molecular weight excluding hydrogens is 303 g/mol. The van der Waals surface area contributed by atoms with Crippen molar-refractivity contribution >= 4 is 40.9 Å². The summed E-state index contributed by atoms with van der Waals surface area (Å²) in [6.07, 6.45) is 0. The first-order valence-corrected chi connectivity index (χ1v) is 6.88. The third-order valence-electron chi connectivity index (χ3n) is 3.39. The van der Waals surface area contributed by atoms with Crippen LogP contribution in [0.4, 0.5) is 10.5 Å². The first kappa shape index (κ1) is 14.9. The number of carbonyl (C=O) groups is 2. The van der Waals surface area contributed by atoms with Crippen molar-refractivity contribution in [3.63, 3.8) is 0 Å². The number of nitrogens with zero attached hydrogens (tertiary/aromatic N) is 1. The highest BCUT2D eigenvalue weighted by Gasteiger charge is 2.37. The lowest BCUT2D eigenvalue weighted by Gasteiger charge is -2.17. The molecule has 1 saturated heterocycles. The van der Waals surface area contributed by atoms with Crippen LogP contribution in [0.2, 0.25) is 10.0 Å². The first-order valence-electron chi connectivity index (χ1n) is 6.12. The summed E-state index contributed by atoms with van der Waals surface area (Å²) >= 11 is 11.8. The van der Waals surface area contributed by atoms with E-state index in [4.69, 9.17) is 28.3 Å². The number of carboxylic acid groups (broad SMARTS) is 1. The third kappa shape index (κ3) is 3.16. The summed E-state index contributed by atoms with van der Waals surface area (Å²) in [4.78, 5) is 24.6. The fourth-order valence-corrected chi connectivity index (χ4v) is 2.69. The number of aliphatic carboxylic acids is 1. The molecular formula is C13H14Cl2N2O3. The zero-order valence-corrected chi connectivity index (χ0v) is 12.3. The number of carbonyl (C=O) groups excluding carboxylic acids is 1. The molecule has 0 unspecified atom stereocenters. The van der Waals surface area contributed by atoms with Crippen LogP contribution in [0.15, 0.2) is 18.2 Å².